The highest BCUT2D eigenvalue weighted by atomic mass is 32.2. The first-order chi connectivity index (χ1) is 14.4. The molecule has 3 rings (SSSR count). The largest absolute Gasteiger partial charge is 0.346 e. The second-order valence-electron chi connectivity index (χ2n) is 6.07. The number of aromatic nitrogens is 3. The molecule has 2 N–H and O–H groups in total. The quantitative estimate of drug-likeness (QED) is 0.440. The minimum atomic E-state index is -1.69. The van der Waals surface area contributed by atoms with Gasteiger partial charge in [0.2, 0.25) is 11.8 Å². The molecule has 2 aromatic carbocycles. The van der Waals surface area contributed by atoms with Crippen LogP contribution in [0.2, 0.25) is 0 Å². The molecule has 1 aromatic heterocycles. The van der Waals surface area contributed by atoms with E-state index in [1.54, 1.807) is 11.5 Å². The lowest BCUT2D eigenvalue weighted by Gasteiger charge is -2.13. The van der Waals surface area contributed by atoms with Gasteiger partial charge in [-0.15, -0.1) is 10.2 Å². The van der Waals surface area contributed by atoms with Crippen molar-refractivity contribution in [2.45, 2.75) is 17.3 Å². The Morgan fingerprint density at radius 1 is 1.10 bits per heavy atom. The van der Waals surface area contributed by atoms with Crippen LogP contribution >= 0.6 is 11.8 Å². The van der Waals surface area contributed by atoms with Gasteiger partial charge in [-0.05, 0) is 31.2 Å². The molecule has 0 aliphatic heterocycles. The maximum absolute atomic E-state index is 13.6. The van der Waals surface area contributed by atoms with E-state index in [0.29, 0.717) is 11.2 Å². The van der Waals surface area contributed by atoms with Crippen molar-refractivity contribution in [3.05, 3.63) is 66.2 Å². The molecule has 0 spiro atoms. The number of anilines is 1. The SMILES string of the molecule is CC(Sc1nncn1-c1ccccc1)C(=O)NCC(=O)Nc1ccc(F)c(F)c1F. The molecule has 0 saturated carbocycles. The molecule has 1 unspecified atom stereocenters. The lowest BCUT2D eigenvalue weighted by atomic mass is 10.2. The maximum Gasteiger partial charge on any atom is 0.243 e. The van der Waals surface area contributed by atoms with E-state index in [9.17, 15) is 22.8 Å². The van der Waals surface area contributed by atoms with Crippen molar-refractivity contribution in [1.82, 2.24) is 20.1 Å². The first kappa shape index (κ1) is 21.4. The minimum Gasteiger partial charge on any atom is -0.346 e. The van der Waals surface area contributed by atoms with Gasteiger partial charge in [-0.1, -0.05) is 30.0 Å². The highest BCUT2D eigenvalue weighted by Crippen LogP contribution is 2.24. The molecule has 7 nitrogen and oxygen atoms in total. The van der Waals surface area contributed by atoms with E-state index in [4.69, 9.17) is 0 Å². The molecule has 0 saturated heterocycles. The molecular formula is C19H16F3N5O2S. The van der Waals surface area contributed by atoms with E-state index < -0.39 is 46.7 Å². The molecule has 1 atom stereocenters. The van der Waals surface area contributed by atoms with Gasteiger partial charge in [0.05, 0.1) is 17.5 Å². The summed E-state index contributed by atoms with van der Waals surface area (Å²) in [6.07, 6.45) is 1.52. The first-order valence-electron chi connectivity index (χ1n) is 8.70. The third-order valence-corrected chi connectivity index (χ3v) is 4.99. The number of benzene rings is 2. The van der Waals surface area contributed by atoms with Crippen molar-refractivity contribution in [3.63, 3.8) is 0 Å². The molecule has 0 aliphatic carbocycles. The summed E-state index contributed by atoms with van der Waals surface area (Å²) in [5, 5.41) is 12.2. The third kappa shape index (κ3) is 4.98. The molecule has 11 heteroatoms. The predicted molar refractivity (Wildman–Crippen MR) is 105 cm³/mol. The Kier molecular flexibility index (Phi) is 6.72. The van der Waals surface area contributed by atoms with Crippen LogP contribution in [0, 0.1) is 17.5 Å². The lowest BCUT2D eigenvalue weighted by molar-refractivity contribution is -0.123. The predicted octanol–water partition coefficient (Wildman–Crippen LogP) is 2.92. The summed E-state index contributed by atoms with van der Waals surface area (Å²) in [7, 11) is 0. The number of hydrogen-bond donors (Lipinski definition) is 2. The van der Waals surface area contributed by atoms with E-state index in [2.05, 4.69) is 20.8 Å². The molecular weight excluding hydrogens is 419 g/mol. The molecule has 0 fully saturated rings. The second kappa shape index (κ2) is 9.44. The Balaban J connectivity index is 1.55. The lowest BCUT2D eigenvalue weighted by Crippen LogP contribution is -2.37. The molecule has 3 aromatic rings. The molecule has 2 amide bonds. The number of carbonyl (C=O) groups is 2. The zero-order chi connectivity index (χ0) is 21.7. The van der Waals surface area contributed by atoms with Gasteiger partial charge in [0, 0.05) is 5.69 Å². The monoisotopic (exact) mass is 435 g/mol. The van der Waals surface area contributed by atoms with Gasteiger partial charge in [0.25, 0.3) is 0 Å². The highest BCUT2D eigenvalue weighted by molar-refractivity contribution is 8.00. The molecule has 1 heterocycles. The fourth-order valence-electron chi connectivity index (χ4n) is 2.41. The zero-order valence-corrected chi connectivity index (χ0v) is 16.4. The van der Waals surface area contributed by atoms with Crippen LogP contribution < -0.4 is 10.6 Å². The average Bonchev–Trinajstić information content (AvgIpc) is 3.21. The number of hydrogen-bond acceptors (Lipinski definition) is 5. The Bertz CT molecular complexity index is 1060. The number of nitrogens with zero attached hydrogens (tertiary/aromatic N) is 3. The van der Waals surface area contributed by atoms with Crippen LogP contribution in [0.4, 0.5) is 18.9 Å². The van der Waals surface area contributed by atoms with Crippen LogP contribution in [0.3, 0.4) is 0 Å². The number of amides is 2. The number of thioether (sulfide) groups is 1. The number of nitrogens with one attached hydrogen (secondary N) is 2. The number of halogens is 3. The van der Waals surface area contributed by atoms with Crippen molar-refractivity contribution in [2.75, 3.05) is 11.9 Å². The standard InChI is InChI=1S/C19H16F3N5O2S/c1-11(30-19-26-24-10-27(19)12-5-3-2-4-6-12)18(29)23-9-15(28)25-14-8-7-13(20)16(21)17(14)22/h2-8,10-11H,9H2,1H3,(H,23,29)(H,25,28). The molecule has 156 valence electrons. The van der Waals surface area contributed by atoms with Gasteiger partial charge in [0.1, 0.15) is 6.33 Å². The fraction of sp³-hybridized carbons (Fsp3) is 0.158. The van der Waals surface area contributed by atoms with Gasteiger partial charge < -0.3 is 10.6 Å². The average molecular weight is 435 g/mol. The summed E-state index contributed by atoms with van der Waals surface area (Å²) in [5.74, 6) is -5.84. The summed E-state index contributed by atoms with van der Waals surface area (Å²) in [6.45, 7) is 1.14. The Labute approximate surface area is 173 Å². The van der Waals surface area contributed by atoms with Crippen LogP contribution in [-0.2, 0) is 9.59 Å². The van der Waals surface area contributed by atoms with Crippen LogP contribution in [0.5, 0.6) is 0 Å². The summed E-state index contributed by atoms with van der Waals surface area (Å²) < 4.78 is 41.5. The topological polar surface area (TPSA) is 88.9 Å². The Morgan fingerprint density at radius 2 is 1.83 bits per heavy atom. The van der Waals surface area contributed by atoms with Crippen molar-refractivity contribution < 1.29 is 22.8 Å². The van der Waals surface area contributed by atoms with E-state index in [1.807, 2.05) is 30.3 Å². The van der Waals surface area contributed by atoms with Crippen molar-refractivity contribution in [3.8, 4) is 5.69 Å². The van der Waals surface area contributed by atoms with Gasteiger partial charge in [-0.2, -0.15) is 0 Å². The van der Waals surface area contributed by atoms with Crippen LogP contribution in [0.15, 0.2) is 53.9 Å². The van der Waals surface area contributed by atoms with Crippen molar-refractivity contribution >= 4 is 29.3 Å². The summed E-state index contributed by atoms with van der Waals surface area (Å²) in [4.78, 5) is 24.2. The van der Waals surface area contributed by atoms with E-state index >= 15 is 0 Å². The van der Waals surface area contributed by atoms with E-state index in [0.717, 1.165) is 23.5 Å². The highest BCUT2D eigenvalue weighted by Gasteiger charge is 2.20. The summed E-state index contributed by atoms with van der Waals surface area (Å²) in [6, 6.07) is 10.9. The van der Waals surface area contributed by atoms with Crippen molar-refractivity contribution in [2.24, 2.45) is 0 Å². The first-order valence-corrected chi connectivity index (χ1v) is 9.58. The second-order valence-corrected chi connectivity index (χ2v) is 7.38. The third-order valence-electron chi connectivity index (χ3n) is 3.93. The van der Waals surface area contributed by atoms with Crippen LogP contribution in [0.1, 0.15) is 6.92 Å². The van der Waals surface area contributed by atoms with Gasteiger partial charge in [-0.3, -0.25) is 14.2 Å². The van der Waals surface area contributed by atoms with Gasteiger partial charge in [0.15, 0.2) is 22.6 Å². The fourth-order valence-corrected chi connectivity index (χ4v) is 3.28. The maximum atomic E-state index is 13.6. The molecule has 0 aliphatic rings. The van der Waals surface area contributed by atoms with E-state index in [1.165, 1.54) is 6.33 Å². The number of para-hydroxylation sites is 1. The van der Waals surface area contributed by atoms with Crippen molar-refractivity contribution in [1.29, 1.82) is 0 Å². The van der Waals surface area contributed by atoms with E-state index in [-0.39, 0.29) is 0 Å². The van der Waals surface area contributed by atoms with Gasteiger partial charge in [-0.25, -0.2) is 13.2 Å². The Hall–Kier alpha value is -3.34. The number of rotatable bonds is 7. The Morgan fingerprint density at radius 3 is 2.57 bits per heavy atom. The van der Waals surface area contributed by atoms with Crippen LogP contribution in [-0.4, -0.2) is 38.4 Å². The zero-order valence-electron chi connectivity index (χ0n) is 15.6. The summed E-state index contributed by atoms with van der Waals surface area (Å²) >= 11 is 1.14. The molecule has 0 bridgehead atoms. The van der Waals surface area contributed by atoms with Crippen LogP contribution in [0.25, 0.3) is 5.69 Å². The number of carbonyl (C=O) groups excluding carboxylic acids is 2. The smallest absolute Gasteiger partial charge is 0.243 e. The summed E-state index contributed by atoms with van der Waals surface area (Å²) in [5.41, 5.74) is 0.303. The van der Waals surface area contributed by atoms with Gasteiger partial charge >= 0.3 is 0 Å². The normalized spacial score (nSPS) is 11.7. The molecule has 30 heavy (non-hydrogen) atoms. The molecule has 0 radical (unpaired) electrons. The minimum absolute atomic E-state index is 0.469.